The number of benzene rings is 1. The smallest absolute Gasteiger partial charge is 0.343 e. The summed E-state index contributed by atoms with van der Waals surface area (Å²) < 4.78 is 14.8. The maximum absolute atomic E-state index is 11.9. The molecule has 7 nitrogen and oxygen atoms in total. The van der Waals surface area contributed by atoms with E-state index >= 15 is 0 Å². The lowest BCUT2D eigenvalue weighted by Gasteiger charge is -2.14. The number of rotatable bonds is 7. The second-order valence-electron chi connectivity index (χ2n) is 4.22. The first-order valence-electron chi connectivity index (χ1n) is 6.73. The van der Waals surface area contributed by atoms with Crippen LogP contribution in [0.4, 0.5) is 0 Å². The van der Waals surface area contributed by atoms with Crippen molar-refractivity contribution in [1.82, 2.24) is 0 Å². The largest absolute Gasteiger partial charge is 0.480 e. The van der Waals surface area contributed by atoms with Crippen molar-refractivity contribution in [2.75, 3.05) is 27.9 Å². The number of allylic oxidation sites excluding steroid dienone is 1. The van der Waals surface area contributed by atoms with E-state index in [0.29, 0.717) is 5.56 Å². The van der Waals surface area contributed by atoms with E-state index in [4.69, 9.17) is 9.47 Å². The first-order valence-corrected chi connectivity index (χ1v) is 6.73. The van der Waals surface area contributed by atoms with Gasteiger partial charge in [-0.25, -0.2) is 9.59 Å². The van der Waals surface area contributed by atoms with E-state index in [1.165, 1.54) is 27.5 Å². The summed E-state index contributed by atoms with van der Waals surface area (Å²) >= 11 is 0. The van der Waals surface area contributed by atoms with Crippen LogP contribution in [-0.4, -0.2) is 46.1 Å². The molecule has 1 rings (SSSR count). The van der Waals surface area contributed by atoms with Crippen LogP contribution >= 0.6 is 0 Å². The quantitative estimate of drug-likeness (QED) is 0.434. The summed E-state index contributed by atoms with van der Waals surface area (Å²) in [7, 11) is 3.90. The van der Waals surface area contributed by atoms with E-state index in [1.807, 2.05) is 19.1 Å². The number of oxime groups is 1. The highest BCUT2D eigenvalue weighted by Crippen LogP contribution is 2.28. The van der Waals surface area contributed by atoms with Crippen LogP contribution in [0.15, 0.2) is 23.4 Å². The van der Waals surface area contributed by atoms with Gasteiger partial charge in [-0.05, 0) is 18.6 Å². The first kappa shape index (κ1) is 18.2. The summed E-state index contributed by atoms with van der Waals surface area (Å²) in [4.78, 5) is 28.0. The van der Waals surface area contributed by atoms with Gasteiger partial charge in [0.1, 0.15) is 18.4 Å². The molecule has 0 heterocycles. The highest BCUT2D eigenvalue weighted by atomic mass is 16.6. The zero-order chi connectivity index (χ0) is 17.2. The summed E-state index contributed by atoms with van der Waals surface area (Å²) in [5.41, 5.74) is 1.39. The molecule has 1 aromatic rings. The number of hydrogen-bond acceptors (Lipinski definition) is 7. The van der Waals surface area contributed by atoms with Crippen LogP contribution in [0.3, 0.4) is 0 Å². The van der Waals surface area contributed by atoms with E-state index < -0.39 is 11.9 Å². The fourth-order valence-corrected chi connectivity index (χ4v) is 1.79. The van der Waals surface area contributed by atoms with Crippen molar-refractivity contribution in [3.05, 3.63) is 34.9 Å². The predicted molar refractivity (Wildman–Crippen MR) is 84.6 cm³/mol. The van der Waals surface area contributed by atoms with E-state index in [-0.39, 0.29) is 17.9 Å². The molecule has 0 atom stereocenters. The van der Waals surface area contributed by atoms with Crippen LogP contribution in [-0.2, 0) is 19.1 Å². The van der Waals surface area contributed by atoms with Crippen molar-refractivity contribution in [3.8, 4) is 5.75 Å². The van der Waals surface area contributed by atoms with Gasteiger partial charge in [-0.1, -0.05) is 23.4 Å². The Morgan fingerprint density at radius 3 is 2.48 bits per heavy atom. The van der Waals surface area contributed by atoms with Crippen LogP contribution in [0.2, 0.25) is 0 Å². The number of hydrogen-bond donors (Lipinski definition) is 0. The minimum atomic E-state index is -0.594. The summed E-state index contributed by atoms with van der Waals surface area (Å²) in [6.07, 6.45) is 5.03. The third-order valence-corrected chi connectivity index (χ3v) is 2.83. The molecule has 0 radical (unpaired) electrons. The van der Waals surface area contributed by atoms with Gasteiger partial charge in [-0.3, -0.25) is 0 Å². The maximum atomic E-state index is 11.9. The molecule has 0 amide bonds. The fourth-order valence-electron chi connectivity index (χ4n) is 1.79. The third-order valence-electron chi connectivity index (χ3n) is 2.83. The van der Waals surface area contributed by atoms with Crippen molar-refractivity contribution >= 4 is 24.2 Å². The Hall–Kier alpha value is -2.83. The van der Waals surface area contributed by atoms with Gasteiger partial charge in [0.2, 0.25) is 0 Å². The number of nitrogens with zero attached hydrogens (tertiary/aromatic N) is 1. The molecular weight excluding hydrogens is 302 g/mol. The maximum Gasteiger partial charge on any atom is 0.343 e. The zero-order valence-electron chi connectivity index (χ0n) is 13.5. The molecule has 0 aromatic heterocycles. The molecule has 124 valence electrons. The number of ether oxygens (including phenoxy) is 3. The second-order valence-corrected chi connectivity index (χ2v) is 4.22. The zero-order valence-corrected chi connectivity index (χ0v) is 13.5. The van der Waals surface area contributed by atoms with Crippen molar-refractivity contribution in [1.29, 1.82) is 0 Å². The molecule has 0 fully saturated rings. The third kappa shape index (κ3) is 4.84. The van der Waals surface area contributed by atoms with Crippen LogP contribution in [0.25, 0.3) is 6.08 Å². The van der Waals surface area contributed by atoms with Crippen molar-refractivity contribution < 1.29 is 28.6 Å². The summed E-state index contributed by atoms with van der Waals surface area (Å²) in [5.74, 6) is -1.01. The van der Waals surface area contributed by atoms with Gasteiger partial charge in [-0.2, -0.15) is 0 Å². The van der Waals surface area contributed by atoms with Crippen LogP contribution in [0, 0.1) is 0 Å². The predicted octanol–water partition coefficient (Wildman–Crippen LogP) is 2.04. The number of carbonyl (C=O) groups excluding carboxylic acids is 2. The topological polar surface area (TPSA) is 83.4 Å². The minimum Gasteiger partial charge on any atom is -0.480 e. The Labute approximate surface area is 134 Å². The molecule has 0 bridgehead atoms. The molecule has 0 spiro atoms. The Morgan fingerprint density at radius 2 is 1.91 bits per heavy atom. The fraction of sp³-hybridized carbons (Fsp3) is 0.312. The molecule has 7 heteroatoms. The number of methoxy groups -OCH3 is 2. The molecule has 1 aromatic carbocycles. The van der Waals surface area contributed by atoms with Crippen molar-refractivity contribution in [3.63, 3.8) is 0 Å². The minimum absolute atomic E-state index is 0.165. The van der Waals surface area contributed by atoms with Gasteiger partial charge in [0.05, 0.1) is 20.4 Å². The van der Waals surface area contributed by atoms with Gasteiger partial charge in [0.15, 0.2) is 6.61 Å². The van der Waals surface area contributed by atoms with E-state index in [9.17, 15) is 9.59 Å². The molecule has 0 saturated heterocycles. The molecule has 23 heavy (non-hydrogen) atoms. The van der Waals surface area contributed by atoms with E-state index in [2.05, 4.69) is 14.7 Å². The lowest BCUT2D eigenvalue weighted by molar-refractivity contribution is -0.142. The molecular formula is C16H19NO6. The van der Waals surface area contributed by atoms with Crippen LogP contribution < -0.4 is 4.74 Å². The van der Waals surface area contributed by atoms with Crippen LogP contribution in [0.1, 0.15) is 28.4 Å². The van der Waals surface area contributed by atoms with Gasteiger partial charge < -0.3 is 19.0 Å². The van der Waals surface area contributed by atoms with Gasteiger partial charge in [-0.15, -0.1) is 0 Å². The molecule has 0 aliphatic rings. The standard InChI is InChI=1S/C16H19NO6/c1-5-6-11-7-8-12(16(19)21-3)15(13(11)9-17-22-4)23-10-14(18)20-2/h5-9H,10H2,1-4H3/b6-5+,17-9+. The monoisotopic (exact) mass is 321 g/mol. The van der Waals surface area contributed by atoms with Gasteiger partial charge in [0.25, 0.3) is 0 Å². The van der Waals surface area contributed by atoms with Crippen molar-refractivity contribution in [2.24, 2.45) is 5.16 Å². The summed E-state index contributed by atoms with van der Waals surface area (Å²) in [6.45, 7) is 1.49. The second kappa shape index (κ2) is 9.24. The Balaban J connectivity index is 3.45. The highest BCUT2D eigenvalue weighted by Gasteiger charge is 2.20. The number of esters is 2. The molecule has 0 unspecified atom stereocenters. The van der Waals surface area contributed by atoms with Crippen molar-refractivity contribution in [2.45, 2.75) is 6.92 Å². The Bertz CT molecular complexity index is 621. The molecule has 0 aliphatic heterocycles. The molecule has 0 saturated carbocycles. The van der Waals surface area contributed by atoms with E-state index in [0.717, 1.165) is 5.56 Å². The average Bonchev–Trinajstić information content (AvgIpc) is 2.57. The average molecular weight is 321 g/mol. The molecule has 0 N–H and O–H groups in total. The van der Waals surface area contributed by atoms with Gasteiger partial charge >= 0.3 is 11.9 Å². The summed E-state index contributed by atoms with van der Waals surface area (Å²) in [5, 5.41) is 3.71. The SMILES string of the molecule is C/C=C/c1ccc(C(=O)OC)c(OCC(=O)OC)c1/C=N/OC. The van der Waals surface area contributed by atoms with Crippen LogP contribution in [0.5, 0.6) is 5.75 Å². The lowest BCUT2D eigenvalue weighted by Crippen LogP contribution is -2.16. The Morgan fingerprint density at radius 1 is 1.17 bits per heavy atom. The normalized spacial score (nSPS) is 10.8. The van der Waals surface area contributed by atoms with E-state index in [1.54, 1.807) is 12.1 Å². The number of carbonyl (C=O) groups is 2. The first-order chi connectivity index (χ1) is 11.1. The summed E-state index contributed by atoms with van der Waals surface area (Å²) in [6, 6.07) is 3.27. The Kier molecular flexibility index (Phi) is 7.32. The molecule has 0 aliphatic carbocycles. The highest BCUT2D eigenvalue weighted by molar-refractivity contribution is 5.99. The lowest BCUT2D eigenvalue weighted by atomic mass is 10.0. The van der Waals surface area contributed by atoms with Gasteiger partial charge in [0, 0.05) is 5.56 Å².